The van der Waals surface area contributed by atoms with Crippen molar-refractivity contribution in [1.82, 2.24) is 0 Å². The van der Waals surface area contributed by atoms with Crippen molar-refractivity contribution in [2.24, 2.45) is 5.73 Å². The molecule has 0 aromatic rings. The van der Waals surface area contributed by atoms with Gasteiger partial charge in [-0.05, 0) is 0 Å². The molecule has 86 valence electrons. The molecule has 0 aliphatic rings. The molecule has 0 rings (SSSR count). The normalized spacial score (nSPS) is 8.94. The average molecular weight is 341 g/mol. The molecule has 0 amide bonds. The molecule has 0 heterocycles. The summed E-state index contributed by atoms with van der Waals surface area (Å²) in [5, 5.41) is 7.60. The smallest absolute Gasteiger partial charge is 0.790 e. The zero-order valence-corrected chi connectivity index (χ0v) is 20.2. The molecule has 0 spiro atoms. The van der Waals surface area contributed by atoms with Gasteiger partial charge in [-0.15, -0.1) is 0 Å². The van der Waals surface area contributed by atoms with Crippen LogP contribution in [0, 0.1) is 0 Å². The van der Waals surface area contributed by atoms with E-state index in [1.165, 1.54) is 0 Å². The van der Waals surface area contributed by atoms with Gasteiger partial charge in [0.05, 0.1) is 22.2 Å². The third kappa shape index (κ3) is 50.3. The van der Waals surface area contributed by atoms with Crippen LogP contribution in [0.15, 0.2) is 0 Å². The molecule has 0 saturated carbocycles. The Kier molecular flexibility index (Phi) is 39.3. The van der Waals surface area contributed by atoms with Crippen LogP contribution in [0.4, 0.5) is 0 Å². The Labute approximate surface area is 191 Å². The van der Waals surface area contributed by atoms with E-state index in [1.54, 1.807) is 0 Å². The number of carboxylic acids is 1. The van der Waals surface area contributed by atoms with Gasteiger partial charge in [0.15, 0.2) is 0 Å². The fraction of sp³-hybridized carbons (Fsp3) is 0.500. The molecule has 0 saturated heterocycles. The summed E-state index contributed by atoms with van der Waals surface area (Å²) in [6.07, 6.45) is 0. The van der Waals surface area contributed by atoms with Gasteiger partial charge in [0.1, 0.15) is 0 Å². The van der Waals surface area contributed by atoms with Crippen molar-refractivity contribution in [3.63, 3.8) is 0 Å². The van der Waals surface area contributed by atoms with Gasteiger partial charge < -0.3 is 43.9 Å². The van der Waals surface area contributed by atoms with Crippen molar-refractivity contribution in [1.29, 1.82) is 0 Å². The molecule has 0 unspecified atom stereocenters. The largest absolute Gasteiger partial charge is 1.00 e. The SMILES string of the molecule is NCC(=O)O.O=P([O-])([O-])OP(=O)([O-])[O-].[Na+].[Na+].[Na+].[Na+]. The first-order chi connectivity index (χ1) is 5.98. The van der Waals surface area contributed by atoms with E-state index in [2.05, 4.69) is 10.0 Å². The summed E-state index contributed by atoms with van der Waals surface area (Å²) >= 11 is 0. The molecule has 0 bridgehead atoms. The summed E-state index contributed by atoms with van der Waals surface area (Å²) in [5.41, 5.74) is 4.57. The Morgan fingerprint density at radius 1 is 1.00 bits per heavy atom. The van der Waals surface area contributed by atoms with Crippen molar-refractivity contribution >= 4 is 21.6 Å². The number of aliphatic carboxylic acids is 1. The second-order valence-electron chi connectivity index (χ2n) is 1.57. The van der Waals surface area contributed by atoms with Crippen LogP contribution in [0.5, 0.6) is 0 Å². The summed E-state index contributed by atoms with van der Waals surface area (Å²) in [6.45, 7) is -0.278. The maximum absolute atomic E-state index is 9.32. The molecule has 10 nitrogen and oxygen atoms in total. The molecule has 0 aliphatic carbocycles. The maximum Gasteiger partial charge on any atom is 1.00 e. The zero-order valence-electron chi connectivity index (χ0n) is 10.4. The maximum atomic E-state index is 9.32. The molecule has 0 atom stereocenters. The van der Waals surface area contributed by atoms with E-state index >= 15 is 0 Å². The van der Waals surface area contributed by atoms with Gasteiger partial charge in [0.25, 0.3) is 0 Å². The summed E-state index contributed by atoms with van der Waals surface area (Å²) in [6, 6.07) is 0. The first-order valence-corrected chi connectivity index (χ1v) is 5.57. The van der Waals surface area contributed by atoms with E-state index in [4.69, 9.17) is 5.11 Å². The third-order valence-electron chi connectivity index (χ3n) is 0.375. The van der Waals surface area contributed by atoms with Gasteiger partial charge in [-0.3, -0.25) is 4.79 Å². The van der Waals surface area contributed by atoms with Gasteiger partial charge in [-0.25, -0.2) is 0 Å². The Hall–Kier alpha value is 3.69. The van der Waals surface area contributed by atoms with Crippen LogP contribution in [0.3, 0.4) is 0 Å². The number of phosphoric acid groups is 2. The monoisotopic (exact) mass is 341 g/mol. The minimum atomic E-state index is -5.68. The Balaban J connectivity index is -0.0000000359. The predicted octanol–water partition coefficient (Wildman–Crippen LogP) is -16.3. The molecular formula is C2H5NNa4O9P2. The predicted molar refractivity (Wildman–Crippen MR) is 33.0 cm³/mol. The van der Waals surface area contributed by atoms with Crippen LogP contribution in [0.1, 0.15) is 0 Å². The van der Waals surface area contributed by atoms with E-state index < -0.39 is 21.6 Å². The van der Waals surface area contributed by atoms with Crippen LogP contribution in [-0.2, 0) is 18.2 Å². The fourth-order valence-corrected chi connectivity index (χ4v) is 1.10. The third-order valence-corrected chi connectivity index (χ3v) is 1.97. The summed E-state index contributed by atoms with van der Waals surface area (Å²) < 4.78 is 21.2. The van der Waals surface area contributed by atoms with Crippen LogP contribution in [-0.4, -0.2) is 17.6 Å². The van der Waals surface area contributed by atoms with Crippen molar-refractivity contribution in [2.75, 3.05) is 6.54 Å². The summed E-state index contributed by atoms with van der Waals surface area (Å²) in [4.78, 5) is 46.5. The summed E-state index contributed by atoms with van der Waals surface area (Å²) in [5.74, 6) is -0.968. The summed E-state index contributed by atoms with van der Waals surface area (Å²) in [7, 11) is -11.4. The van der Waals surface area contributed by atoms with Crippen LogP contribution in [0.2, 0.25) is 0 Å². The minimum Gasteiger partial charge on any atom is -0.790 e. The van der Waals surface area contributed by atoms with Gasteiger partial charge in [0, 0.05) is 0 Å². The molecule has 0 aromatic heterocycles. The number of rotatable bonds is 3. The number of hydrogen-bond donors (Lipinski definition) is 2. The molecule has 3 N–H and O–H groups in total. The number of carbonyl (C=O) groups is 1. The van der Waals surface area contributed by atoms with Crippen LogP contribution in [0.25, 0.3) is 0 Å². The van der Waals surface area contributed by atoms with Crippen LogP contribution >= 0.6 is 15.6 Å². The van der Waals surface area contributed by atoms with Gasteiger partial charge >= 0.3 is 124 Å². The van der Waals surface area contributed by atoms with Gasteiger partial charge in [-0.1, -0.05) is 0 Å². The van der Waals surface area contributed by atoms with Gasteiger partial charge in [-0.2, -0.15) is 0 Å². The molecule has 0 fully saturated rings. The standard InChI is InChI=1S/C2H5NO2.4Na.H4O7P2/c3-1-2(4)5;;;;;1-8(2,3)7-9(4,5)6/h1,3H2,(H,4,5);;;;;(H2,1,2,3)(H2,4,5,6)/q;4*+1;/p-4. The number of hydrogen-bond acceptors (Lipinski definition) is 9. The quantitative estimate of drug-likeness (QED) is 0.367. The molecular weight excluding hydrogens is 336 g/mol. The molecule has 18 heavy (non-hydrogen) atoms. The second-order valence-corrected chi connectivity index (χ2v) is 4.02. The van der Waals surface area contributed by atoms with Crippen LogP contribution < -0.4 is 144 Å². The molecule has 16 heteroatoms. The van der Waals surface area contributed by atoms with Crippen molar-refractivity contribution in [3.05, 3.63) is 0 Å². The van der Waals surface area contributed by atoms with E-state index in [0.29, 0.717) is 0 Å². The van der Waals surface area contributed by atoms with E-state index in [0.717, 1.165) is 0 Å². The topological polar surface area (TPSA) is 199 Å². The molecule has 0 aliphatic heterocycles. The van der Waals surface area contributed by atoms with E-state index in [-0.39, 0.29) is 125 Å². The van der Waals surface area contributed by atoms with Crippen molar-refractivity contribution in [3.8, 4) is 0 Å². The van der Waals surface area contributed by atoms with Crippen molar-refractivity contribution in [2.45, 2.75) is 0 Å². The first kappa shape index (κ1) is 37.7. The van der Waals surface area contributed by atoms with Crippen molar-refractivity contribution < 1.29 is 161 Å². The second kappa shape index (κ2) is 18.7. The Morgan fingerprint density at radius 3 is 1.17 bits per heavy atom. The zero-order chi connectivity index (χ0) is 12.0. The number of nitrogens with two attached hydrogens (primary N) is 1. The fourth-order valence-electron chi connectivity index (χ4n) is 0.122. The number of carboxylic acid groups (broad SMARTS) is 1. The molecule has 0 aromatic carbocycles. The van der Waals surface area contributed by atoms with E-state index in [1.807, 2.05) is 0 Å². The first-order valence-electron chi connectivity index (χ1n) is 2.65. The van der Waals surface area contributed by atoms with Gasteiger partial charge in [0.2, 0.25) is 0 Å². The molecule has 0 radical (unpaired) electrons. The Bertz CT molecular complexity index is 256. The Morgan fingerprint density at radius 2 is 1.17 bits per heavy atom. The van der Waals surface area contributed by atoms with E-state index in [9.17, 15) is 33.5 Å². The minimum absolute atomic E-state index is 0. The average Bonchev–Trinajstić information content (AvgIpc) is 1.80.